The third-order valence-electron chi connectivity index (χ3n) is 3.83. The molecule has 0 radical (unpaired) electrons. The van der Waals surface area contributed by atoms with Gasteiger partial charge >= 0.3 is 0 Å². The maximum Gasteiger partial charge on any atom is 0.224 e. The van der Waals surface area contributed by atoms with Crippen LogP contribution in [0.1, 0.15) is 50.7 Å². The van der Waals surface area contributed by atoms with Crippen molar-refractivity contribution >= 4 is 23.2 Å². The van der Waals surface area contributed by atoms with Gasteiger partial charge in [0.2, 0.25) is 5.91 Å². The van der Waals surface area contributed by atoms with E-state index in [1.165, 1.54) is 5.01 Å². The number of carbonyl (C=O) groups excluding carboxylic acids is 1. The average Bonchev–Trinajstić information content (AvgIpc) is 3.01. The smallest absolute Gasteiger partial charge is 0.224 e. The van der Waals surface area contributed by atoms with Crippen molar-refractivity contribution in [1.29, 1.82) is 0 Å². The van der Waals surface area contributed by atoms with Crippen molar-refractivity contribution in [3.8, 4) is 0 Å². The van der Waals surface area contributed by atoms with Gasteiger partial charge in [0.15, 0.2) is 5.96 Å². The number of hydrogen-bond donors (Lipinski definition) is 2. The Balaban J connectivity index is 2.27. The summed E-state index contributed by atoms with van der Waals surface area (Å²) in [6.07, 6.45) is 3.65. The summed E-state index contributed by atoms with van der Waals surface area (Å²) in [4.78, 5) is 22.9. The van der Waals surface area contributed by atoms with E-state index < -0.39 is 0 Å². The minimum absolute atomic E-state index is 0.187. The van der Waals surface area contributed by atoms with E-state index in [4.69, 9.17) is 0 Å². The molecule has 7 heteroatoms. The third kappa shape index (κ3) is 8.86. The Bertz CT molecular complexity index is 525. The fourth-order valence-corrected chi connectivity index (χ4v) is 3.28. The van der Waals surface area contributed by atoms with Gasteiger partial charge in [-0.05, 0) is 47.0 Å². The largest absolute Gasteiger partial charge is 0.357 e. The van der Waals surface area contributed by atoms with Crippen molar-refractivity contribution in [2.24, 2.45) is 4.99 Å². The molecule has 0 aliphatic carbocycles. The number of carbonyl (C=O) groups is 1. The molecule has 2 N–H and O–H groups in total. The summed E-state index contributed by atoms with van der Waals surface area (Å²) in [6.45, 7) is 11.8. The minimum Gasteiger partial charge on any atom is -0.357 e. The van der Waals surface area contributed by atoms with Crippen LogP contribution in [0, 0.1) is 6.92 Å². The number of rotatable bonds is 11. The van der Waals surface area contributed by atoms with Crippen LogP contribution >= 0.6 is 11.3 Å². The summed E-state index contributed by atoms with van der Waals surface area (Å²) >= 11 is 1.73. The maximum atomic E-state index is 12.0. The van der Waals surface area contributed by atoms with Crippen molar-refractivity contribution in [3.63, 3.8) is 0 Å². The van der Waals surface area contributed by atoms with Gasteiger partial charge in [0.1, 0.15) is 0 Å². The van der Waals surface area contributed by atoms with E-state index in [0.717, 1.165) is 57.1 Å². The van der Waals surface area contributed by atoms with Crippen LogP contribution in [0.2, 0.25) is 0 Å². The summed E-state index contributed by atoms with van der Waals surface area (Å²) in [5.41, 5.74) is 1.11. The SMILES string of the molecule is CCNC(=NCCCCc1nc(C)cs1)NCCC(=O)N(CC)CC. The van der Waals surface area contributed by atoms with Crippen molar-refractivity contribution < 1.29 is 4.79 Å². The lowest BCUT2D eigenvalue weighted by Crippen LogP contribution is -2.40. The Morgan fingerprint density at radius 3 is 2.60 bits per heavy atom. The molecular formula is C18H33N5OS. The van der Waals surface area contributed by atoms with E-state index in [9.17, 15) is 4.79 Å². The number of nitrogens with zero attached hydrogens (tertiary/aromatic N) is 3. The van der Waals surface area contributed by atoms with Gasteiger partial charge in [-0.25, -0.2) is 4.98 Å². The Morgan fingerprint density at radius 1 is 1.24 bits per heavy atom. The monoisotopic (exact) mass is 367 g/mol. The molecule has 0 aliphatic rings. The normalized spacial score (nSPS) is 11.4. The average molecular weight is 368 g/mol. The van der Waals surface area contributed by atoms with E-state index >= 15 is 0 Å². The molecule has 1 aromatic heterocycles. The van der Waals surface area contributed by atoms with Gasteiger partial charge in [-0.1, -0.05) is 0 Å². The molecule has 6 nitrogen and oxygen atoms in total. The molecule has 0 saturated heterocycles. The van der Waals surface area contributed by atoms with Crippen LogP contribution in [0.4, 0.5) is 0 Å². The molecule has 0 saturated carbocycles. The van der Waals surface area contributed by atoms with Crippen LogP contribution in [-0.4, -0.2) is 54.5 Å². The lowest BCUT2D eigenvalue weighted by atomic mass is 10.2. The molecule has 0 aromatic carbocycles. The molecule has 0 fully saturated rings. The zero-order chi connectivity index (χ0) is 18.5. The molecule has 1 aromatic rings. The molecule has 0 atom stereocenters. The highest BCUT2D eigenvalue weighted by Crippen LogP contribution is 2.11. The number of aryl methyl sites for hydroxylation is 2. The molecule has 1 rings (SSSR count). The van der Waals surface area contributed by atoms with E-state index in [0.29, 0.717) is 13.0 Å². The van der Waals surface area contributed by atoms with E-state index in [1.807, 2.05) is 32.6 Å². The van der Waals surface area contributed by atoms with Crippen LogP contribution in [0.5, 0.6) is 0 Å². The summed E-state index contributed by atoms with van der Waals surface area (Å²) in [5, 5.41) is 9.78. The van der Waals surface area contributed by atoms with Gasteiger partial charge in [0, 0.05) is 50.2 Å². The Labute approximate surface area is 156 Å². The molecule has 0 unspecified atom stereocenters. The zero-order valence-electron chi connectivity index (χ0n) is 16.1. The first-order valence-electron chi connectivity index (χ1n) is 9.31. The fourth-order valence-electron chi connectivity index (χ4n) is 2.46. The third-order valence-corrected chi connectivity index (χ3v) is 4.85. The predicted molar refractivity (Wildman–Crippen MR) is 106 cm³/mol. The lowest BCUT2D eigenvalue weighted by Gasteiger charge is -2.19. The van der Waals surface area contributed by atoms with Gasteiger partial charge in [-0.2, -0.15) is 0 Å². The van der Waals surface area contributed by atoms with Gasteiger partial charge in [0.05, 0.1) is 5.01 Å². The molecule has 25 heavy (non-hydrogen) atoms. The lowest BCUT2D eigenvalue weighted by molar-refractivity contribution is -0.130. The Kier molecular flexibility index (Phi) is 10.9. The predicted octanol–water partition coefficient (Wildman–Crippen LogP) is 2.59. The van der Waals surface area contributed by atoms with Crippen LogP contribution in [0.3, 0.4) is 0 Å². The second-order valence-electron chi connectivity index (χ2n) is 5.84. The van der Waals surface area contributed by atoms with E-state index in [1.54, 1.807) is 11.3 Å². The number of unbranched alkanes of at least 4 members (excludes halogenated alkanes) is 1. The molecular weight excluding hydrogens is 334 g/mol. The van der Waals surface area contributed by atoms with Crippen molar-refractivity contribution in [2.75, 3.05) is 32.7 Å². The molecule has 0 bridgehead atoms. The van der Waals surface area contributed by atoms with Crippen molar-refractivity contribution in [2.45, 2.75) is 53.4 Å². The number of guanidine groups is 1. The fraction of sp³-hybridized carbons (Fsp3) is 0.722. The van der Waals surface area contributed by atoms with Gasteiger partial charge in [0.25, 0.3) is 0 Å². The van der Waals surface area contributed by atoms with Crippen LogP contribution in [0.25, 0.3) is 0 Å². The number of aliphatic imine (C=N–C) groups is 1. The minimum atomic E-state index is 0.187. The first-order chi connectivity index (χ1) is 12.1. The number of amides is 1. The molecule has 0 aliphatic heterocycles. The number of aromatic nitrogens is 1. The topological polar surface area (TPSA) is 69.6 Å². The second-order valence-corrected chi connectivity index (χ2v) is 6.79. The molecule has 0 spiro atoms. The van der Waals surface area contributed by atoms with Gasteiger partial charge in [-0.3, -0.25) is 9.79 Å². The van der Waals surface area contributed by atoms with Crippen LogP contribution in [-0.2, 0) is 11.2 Å². The summed E-state index contributed by atoms with van der Waals surface area (Å²) in [6, 6.07) is 0. The standard InChI is InChI=1S/C18H33N5OS/c1-5-19-18(21-13-11-17(24)23(6-2)7-3)20-12-9-8-10-16-22-15(4)14-25-16/h14H,5-13H2,1-4H3,(H2,19,20,21). The maximum absolute atomic E-state index is 12.0. The van der Waals surface area contributed by atoms with Crippen molar-refractivity contribution in [3.05, 3.63) is 16.1 Å². The quantitative estimate of drug-likeness (QED) is 0.358. The van der Waals surface area contributed by atoms with E-state index in [-0.39, 0.29) is 5.91 Å². The van der Waals surface area contributed by atoms with Crippen LogP contribution < -0.4 is 10.6 Å². The molecule has 1 amide bonds. The highest BCUT2D eigenvalue weighted by molar-refractivity contribution is 7.09. The zero-order valence-corrected chi connectivity index (χ0v) is 16.9. The second kappa shape index (κ2) is 12.7. The number of nitrogens with one attached hydrogen (secondary N) is 2. The van der Waals surface area contributed by atoms with Crippen LogP contribution in [0.15, 0.2) is 10.4 Å². The summed E-state index contributed by atoms with van der Waals surface area (Å²) in [7, 11) is 0. The molecule has 142 valence electrons. The van der Waals surface area contributed by atoms with Gasteiger partial charge in [-0.15, -0.1) is 11.3 Å². The first kappa shape index (κ1) is 21.4. The molecule has 1 heterocycles. The highest BCUT2D eigenvalue weighted by atomic mass is 32.1. The number of hydrogen-bond acceptors (Lipinski definition) is 4. The summed E-state index contributed by atoms with van der Waals surface area (Å²) in [5.74, 6) is 0.979. The highest BCUT2D eigenvalue weighted by Gasteiger charge is 2.09. The Hall–Kier alpha value is -1.63. The van der Waals surface area contributed by atoms with Gasteiger partial charge < -0.3 is 15.5 Å². The Morgan fingerprint density at radius 2 is 2.00 bits per heavy atom. The van der Waals surface area contributed by atoms with E-state index in [2.05, 4.69) is 26.0 Å². The first-order valence-corrected chi connectivity index (χ1v) is 10.2. The number of thiazole rings is 1. The summed E-state index contributed by atoms with van der Waals surface area (Å²) < 4.78 is 0. The van der Waals surface area contributed by atoms with Crippen molar-refractivity contribution in [1.82, 2.24) is 20.5 Å².